The molecule has 0 saturated carbocycles. The molecule has 0 bridgehead atoms. The van der Waals surface area contributed by atoms with Gasteiger partial charge in [0.1, 0.15) is 0 Å². The van der Waals surface area contributed by atoms with E-state index in [1.54, 1.807) is 0 Å². The third-order valence-corrected chi connectivity index (χ3v) is 3.70. The van der Waals surface area contributed by atoms with Gasteiger partial charge in [-0.15, -0.1) is 0 Å². The highest BCUT2D eigenvalue weighted by atomic mass is 16.5. The van der Waals surface area contributed by atoms with Crippen molar-refractivity contribution in [3.8, 4) is 11.3 Å². The number of hydrogen-bond acceptors (Lipinski definition) is 2. The largest absolute Gasteiger partial charge is 0.377 e. The number of guanidine groups is 1. The number of nitrogens with two attached hydrogens (primary N) is 1. The van der Waals surface area contributed by atoms with Crippen molar-refractivity contribution in [1.29, 1.82) is 0 Å². The number of hydrogen-bond donors (Lipinski definition) is 3. The minimum atomic E-state index is 0.344. The van der Waals surface area contributed by atoms with E-state index in [-0.39, 0.29) is 0 Å². The molecule has 25 heavy (non-hydrogen) atoms. The van der Waals surface area contributed by atoms with Gasteiger partial charge in [-0.3, -0.25) is 0 Å². The number of nitrogens with zero attached hydrogens (tertiary/aromatic N) is 1. The standard InChI is InChI=1S/C20H22N4O/c1-2-25-14-15-8-10-17(11-9-15)23-20(21)24-18-12-19(22-13-18)16-6-4-3-5-7-16/h3-13,22H,2,14H2,1H3,(H3,21,23,24). The Labute approximate surface area is 147 Å². The maximum atomic E-state index is 6.00. The minimum absolute atomic E-state index is 0.344. The van der Waals surface area contributed by atoms with E-state index in [0.717, 1.165) is 28.2 Å². The SMILES string of the molecule is CCOCc1ccc(N=C(N)Nc2c[nH]c(-c3ccccc3)c2)cc1. The van der Waals surface area contributed by atoms with Gasteiger partial charge in [0.15, 0.2) is 5.96 Å². The molecule has 1 heterocycles. The molecule has 128 valence electrons. The summed E-state index contributed by atoms with van der Waals surface area (Å²) in [6.07, 6.45) is 1.87. The van der Waals surface area contributed by atoms with Crippen LogP contribution < -0.4 is 11.1 Å². The molecule has 0 fully saturated rings. The number of aromatic amines is 1. The van der Waals surface area contributed by atoms with Gasteiger partial charge < -0.3 is 20.8 Å². The van der Waals surface area contributed by atoms with Crippen LogP contribution in [-0.2, 0) is 11.3 Å². The number of aliphatic imine (C=N–C) groups is 1. The quantitative estimate of drug-likeness (QED) is 0.465. The molecule has 0 unspecified atom stereocenters. The van der Waals surface area contributed by atoms with Crippen molar-refractivity contribution < 1.29 is 4.74 Å². The summed E-state index contributed by atoms with van der Waals surface area (Å²) in [5.74, 6) is 0.344. The highest BCUT2D eigenvalue weighted by Gasteiger charge is 2.03. The van der Waals surface area contributed by atoms with E-state index in [2.05, 4.69) is 27.4 Å². The van der Waals surface area contributed by atoms with Gasteiger partial charge >= 0.3 is 0 Å². The first kappa shape index (κ1) is 16.8. The van der Waals surface area contributed by atoms with E-state index in [1.165, 1.54) is 0 Å². The molecular formula is C20H22N4O. The van der Waals surface area contributed by atoms with Crippen LogP contribution in [0.1, 0.15) is 12.5 Å². The number of anilines is 1. The molecule has 3 rings (SSSR count). The summed E-state index contributed by atoms with van der Waals surface area (Å²) in [5.41, 5.74) is 10.9. The molecule has 0 amide bonds. The maximum absolute atomic E-state index is 6.00. The second-order valence-electron chi connectivity index (χ2n) is 5.59. The average molecular weight is 334 g/mol. The zero-order valence-corrected chi connectivity index (χ0v) is 14.2. The van der Waals surface area contributed by atoms with Gasteiger partial charge in [0.2, 0.25) is 0 Å². The number of benzene rings is 2. The van der Waals surface area contributed by atoms with E-state index in [9.17, 15) is 0 Å². The molecule has 2 aromatic carbocycles. The van der Waals surface area contributed by atoms with Gasteiger partial charge in [0, 0.05) is 18.5 Å². The second kappa shape index (κ2) is 8.17. The molecule has 0 aliphatic rings. The van der Waals surface area contributed by atoms with Gasteiger partial charge in [0.25, 0.3) is 0 Å². The van der Waals surface area contributed by atoms with Crippen molar-refractivity contribution in [1.82, 2.24) is 4.98 Å². The van der Waals surface area contributed by atoms with Gasteiger partial charge in [-0.05, 0) is 36.2 Å². The lowest BCUT2D eigenvalue weighted by molar-refractivity contribution is 0.134. The van der Waals surface area contributed by atoms with Crippen LogP contribution >= 0.6 is 0 Å². The van der Waals surface area contributed by atoms with E-state index in [0.29, 0.717) is 19.2 Å². The van der Waals surface area contributed by atoms with Crippen LogP contribution in [0, 0.1) is 0 Å². The molecule has 1 aromatic heterocycles. The number of aromatic nitrogens is 1. The smallest absolute Gasteiger partial charge is 0.198 e. The Morgan fingerprint density at radius 2 is 1.88 bits per heavy atom. The Bertz CT molecular complexity index is 822. The Morgan fingerprint density at radius 1 is 1.12 bits per heavy atom. The molecule has 5 heteroatoms. The number of rotatable bonds is 6. The van der Waals surface area contributed by atoms with Gasteiger partial charge in [-0.25, -0.2) is 4.99 Å². The minimum Gasteiger partial charge on any atom is -0.377 e. The monoisotopic (exact) mass is 334 g/mol. The van der Waals surface area contributed by atoms with Crippen LogP contribution in [0.2, 0.25) is 0 Å². The fraction of sp³-hybridized carbons (Fsp3) is 0.150. The summed E-state index contributed by atoms with van der Waals surface area (Å²) in [7, 11) is 0. The lowest BCUT2D eigenvalue weighted by Gasteiger charge is -2.04. The summed E-state index contributed by atoms with van der Waals surface area (Å²) < 4.78 is 5.38. The Morgan fingerprint density at radius 3 is 2.60 bits per heavy atom. The van der Waals surface area contributed by atoms with Gasteiger partial charge in [0.05, 0.1) is 18.0 Å². The van der Waals surface area contributed by atoms with Crippen LogP contribution in [0.15, 0.2) is 71.9 Å². The normalized spacial score (nSPS) is 11.5. The van der Waals surface area contributed by atoms with Crippen molar-refractivity contribution in [2.75, 3.05) is 11.9 Å². The third kappa shape index (κ3) is 4.71. The molecule has 3 aromatic rings. The zero-order valence-electron chi connectivity index (χ0n) is 14.2. The number of H-pyrrole nitrogens is 1. The average Bonchev–Trinajstić information content (AvgIpc) is 3.10. The highest BCUT2D eigenvalue weighted by Crippen LogP contribution is 2.21. The van der Waals surface area contributed by atoms with Crippen LogP contribution in [0.3, 0.4) is 0 Å². The molecule has 4 N–H and O–H groups in total. The summed E-state index contributed by atoms with van der Waals surface area (Å²) in [4.78, 5) is 7.62. The van der Waals surface area contributed by atoms with Crippen LogP contribution in [0.4, 0.5) is 11.4 Å². The van der Waals surface area contributed by atoms with Crippen molar-refractivity contribution in [3.05, 3.63) is 72.4 Å². The first-order chi connectivity index (χ1) is 12.2. The lowest BCUT2D eigenvalue weighted by atomic mass is 10.2. The predicted octanol–water partition coefficient (Wildman–Crippen LogP) is 4.28. The molecule has 0 aliphatic carbocycles. The Balaban J connectivity index is 1.64. The van der Waals surface area contributed by atoms with Crippen molar-refractivity contribution >= 4 is 17.3 Å². The van der Waals surface area contributed by atoms with Crippen molar-refractivity contribution in [3.63, 3.8) is 0 Å². The van der Waals surface area contributed by atoms with Crippen LogP contribution in [0.5, 0.6) is 0 Å². The first-order valence-corrected chi connectivity index (χ1v) is 8.26. The summed E-state index contributed by atoms with van der Waals surface area (Å²) in [6, 6.07) is 20.0. The van der Waals surface area contributed by atoms with Crippen molar-refractivity contribution in [2.24, 2.45) is 10.7 Å². The van der Waals surface area contributed by atoms with E-state index in [1.807, 2.05) is 61.7 Å². The summed E-state index contributed by atoms with van der Waals surface area (Å²) in [5, 5.41) is 3.10. The van der Waals surface area contributed by atoms with Gasteiger partial charge in [-0.1, -0.05) is 42.5 Å². The molecule has 0 radical (unpaired) electrons. The van der Waals surface area contributed by atoms with Crippen LogP contribution in [-0.4, -0.2) is 17.6 Å². The highest BCUT2D eigenvalue weighted by molar-refractivity contribution is 5.94. The molecule has 5 nitrogen and oxygen atoms in total. The third-order valence-electron chi connectivity index (χ3n) is 3.70. The molecular weight excluding hydrogens is 312 g/mol. The maximum Gasteiger partial charge on any atom is 0.198 e. The van der Waals surface area contributed by atoms with Crippen LogP contribution in [0.25, 0.3) is 11.3 Å². The van der Waals surface area contributed by atoms with Gasteiger partial charge in [-0.2, -0.15) is 0 Å². The molecule has 0 aliphatic heterocycles. The topological polar surface area (TPSA) is 75.4 Å². The summed E-state index contributed by atoms with van der Waals surface area (Å²) >= 11 is 0. The molecule has 0 spiro atoms. The fourth-order valence-corrected chi connectivity index (χ4v) is 2.45. The number of ether oxygens (including phenoxy) is 1. The summed E-state index contributed by atoms with van der Waals surface area (Å²) in [6.45, 7) is 3.30. The van der Waals surface area contributed by atoms with E-state index >= 15 is 0 Å². The fourth-order valence-electron chi connectivity index (χ4n) is 2.45. The first-order valence-electron chi connectivity index (χ1n) is 8.26. The Hall–Kier alpha value is -3.05. The molecule has 0 atom stereocenters. The Kier molecular flexibility index (Phi) is 5.49. The van der Waals surface area contributed by atoms with E-state index < -0.39 is 0 Å². The second-order valence-corrected chi connectivity index (χ2v) is 5.59. The van der Waals surface area contributed by atoms with Crippen molar-refractivity contribution in [2.45, 2.75) is 13.5 Å². The molecule has 0 saturated heterocycles. The lowest BCUT2D eigenvalue weighted by Crippen LogP contribution is -2.21. The number of nitrogens with one attached hydrogen (secondary N) is 2. The zero-order chi connectivity index (χ0) is 17.5. The van der Waals surface area contributed by atoms with E-state index in [4.69, 9.17) is 10.5 Å². The predicted molar refractivity (Wildman–Crippen MR) is 103 cm³/mol.